The summed E-state index contributed by atoms with van der Waals surface area (Å²) in [6.07, 6.45) is 3.77. The minimum Gasteiger partial charge on any atom is -0.313 e. The lowest BCUT2D eigenvalue weighted by Gasteiger charge is -2.18. The molecule has 0 aromatic rings. The average molecular weight is 209 g/mol. The molecule has 3 nitrogen and oxygen atoms in total. The van der Waals surface area contributed by atoms with Crippen LogP contribution in [0.3, 0.4) is 0 Å². The second-order valence-corrected chi connectivity index (χ2v) is 4.50. The third kappa shape index (κ3) is 4.63. The van der Waals surface area contributed by atoms with Crippen LogP contribution in [0.1, 0.15) is 33.1 Å². The third-order valence-electron chi connectivity index (χ3n) is 3.20. The normalized spacial score (nSPS) is 25.5. The van der Waals surface area contributed by atoms with Gasteiger partial charge in [0.25, 0.3) is 0 Å². The van der Waals surface area contributed by atoms with Crippen molar-refractivity contribution in [3.63, 3.8) is 0 Å². The molecule has 0 aliphatic carbocycles. The van der Waals surface area contributed by atoms with Crippen molar-refractivity contribution < 1.29 is 0 Å². The van der Waals surface area contributed by atoms with Gasteiger partial charge < -0.3 is 10.2 Å². The first-order chi connectivity index (χ1) is 7.26. The number of likely N-dealkylation sites (tertiary alicyclic amines) is 1. The number of hydrogen-bond acceptors (Lipinski definition) is 3. The van der Waals surface area contributed by atoms with Crippen molar-refractivity contribution in [1.29, 1.82) is 5.26 Å². The van der Waals surface area contributed by atoms with Crippen LogP contribution in [0.5, 0.6) is 0 Å². The second-order valence-electron chi connectivity index (χ2n) is 4.50. The zero-order chi connectivity index (χ0) is 11.1. The maximum atomic E-state index is 8.70. The van der Waals surface area contributed by atoms with Gasteiger partial charge in [-0.2, -0.15) is 5.26 Å². The Bertz CT molecular complexity index is 209. The van der Waals surface area contributed by atoms with Crippen LogP contribution in [0.2, 0.25) is 0 Å². The third-order valence-corrected chi connectivity index (χ3v) is 3.20. The number of nitriles is 1. The summed E-state index contributed by atoms with van der Waals surface area (Å²) < 4.78 is 0. The van der Waals surface area contributed by atoms with E-state index >= 15 is 0 Å². The number of nitrogens with one attached hydrogen (secondary N) is 1. The molecule has 0 bridgehead atoms. The molecule has 0 aromatic heterocycles. The van der Waals surface area contributed by atoms with Crippen LogP contribution in [0, 0.1) is 17.2 Å². The van der Waals surface area contributed by atoms with Crippen LogP contribution in [0.4, 0.5) is 0 Å². The van der Waals surface area contributed by atoms with Crippen molar-refractivity contribution in [2.75, 3.05) is 26.2 Å². The maximum absolute atomic E-state index is 8.70. The van der Waals surface area contributed by atoms with Crippen LogP contribution in [0.15, 0.2) is 0 Å². The lowest BCUT2D eigenvalue weighted by Crippen LogP contribution is -2.33. The first-order valence-corrected chi connectivity index (χ1v) is 6.11. The molecule has 1 fully saturated rings. The predicted molar refractivity (Wildman–Crippen MR) is 62.5 cm³/mol. The molecule has 0 saturated carbocycles. The van der Waals surface area contributed by atoms with E-state index in [-0.39, 0.29) is 5.92 Å². The Kier molecular flexibility index (Phi) is 5.67. The van der Waals surface area contributed by atoms with Crippen molar-refractivity contribution in [3.8, 4) is 6.07 Å². The Morgan fingerprint density at radius 1 is 1.47 bits per heavy atom. The summed E-state index contributed by atoms with van der Waals surface area (Å²) in [7, 11) is 0. The molecule has 0 spiro atoms. The van der Waals surface area contributed by atoms with Gasteiger partial charge in [-0.15, -0.1) is 0 Å². The van der Waals surface area contributed by atoms with E-state index in [1.165, 1.54) is 38.9 Å². The van der Waals surface area contributed by atoms with Crippen LogP contribution in [-0.2, 0) is 0 Å². The molecule has 0 amide bonds. The summed E-state index contributed by atoms with van der Waals surface area (Å²) >= 11 is 0. The molecule has 3 heteroatoms. The van der Waals surface area contributed by atoms with Crippen LogP contribution < -0.4 is 5.32 Å². The molecule has 1 heterocycles. The molecular weight excluding hydrogens is 186 g/mol. The van der Waals surface area contributed by atoms with Gasteiger partial charge >= 0.3 is 0 Å². The summed E-state index contributed by atoms with van der Waals surface area (Å²) in [5.41, 5.74) is 0. The van der Waals surface area contributed by atoms with Gasteiger partial charge in [-0.1, -0.05) is 6.92 Å². The molecule has 1 aliphatic rings. The van der Waals surface area contributed by atoms with Gasteiger partial charge in [0.05, 0.1) is 12.0 Å². The van der Waals surface area contributed by atoms with Crippen molar-refractivity contribution in [1.82, 2.24) is 10.2 Å². The first-order valence-electron chi connectivity index (χ1n) is 6.11. The van der Waals surface area contributed by atoms with Crippen LogP contribution in [0.25, 0.3) is 0 Å². The summed E-state index contributed by atoms with van der Waals surface area (Å²) in [5.74, 6) is 0.135. The van der Waals surface area contributed by atoms with Crippen molar-refractivity contribution in [3.05, 3.63) is 0 Å². The molecule has 1 aliphatic heterocycles. The molecule has 1 rings (SSSR count). The molecule has 1 saturated heterocycles. The summed E-state index contributed by atoms with van der Waals surface area (Å²) in [4.78, 5) is 2.51. The van der Waals surface area contributed by atoms with Crippen LogP contribution in [-0.4, -0.2) is 37.1 Å². The minimum absolute atomic E-state index is 0.135. The molecule has 0 radical (unpaired) electrons. The van der Waals surface area contributed by atoms with Crippen molar-refractivity contribution in [2.45, 2.75) is 39.2 Å². The van der Waals surface area contributed by atoms with Gasteiger partial charge in [0.15, 0.2) is 0 Å². The van der Waals surface area contributed by atoms with Gasteiger partial charge in [-0.25, -0.2) is 0 Å². The largest absolute Gasteiger partial charge is 0.313 e. The fraction of sp³-hybridized carbons (Fsp3) is 0.917. The van der Waals surface area contributed by atoms with Gasteiger partial charge in [0.1, 0.15) is 0 Å². The molecule has 15 heavy (non-hydrogen) atoms. The standard InChI is InChI=1S/C12H23N3/c1-3-15-7-4-5-12(6-8-15)14-10-11(2)9-13/h11-12,14H,3-8,10H2,1-2H3. The molecule has 1 N–H and O–H groups in total. The van der Waals surface area contributed by atoms with E-state index in [4.69, 9.17) is 5.26 Å². The second kappa shape index (κ2) is 6.81. The average Bonchev–Trinajstić information content (AvgIpc) is 2.50. The topological polar surface area (TPSA) is 39.1 Å². The molecule has 86 valence electrons. The van der Waals surface area contributed by atoms with E-state index in [9.17, 15) is 0 Å². The Balaban J connectivity index is 2.23. The predicted octanol–water partition coefficient (Wildman–Crippen LogP) is 1.61. The molecule has 2 unspecified atom stereocenters. The van der Waals surface area contributed by atoms with Crippen LogP contribution >= 0.6 is 0 Å². The SMILES string of the molecule is CCN1CCCC(NCC(C)C#N)CC1. The lowest BCUT2D eigenvalue weighted by atomic mass is 10.1. The zero-order valence-corrected chi connectivity index (χ0v) is 10.00. The number of rotatable bonds is 4. The van der Waals surface area contributed by atoms with Gasteiger partial charge in [0.2, 0.25) is 0 Å². The Hall–Kier alpha value is -0.590. The monoisotopic (exact) mass is 209 g/mol. The number of hydrogen-bond donors (Lipinski definition) is 1. The number of nitrogens with zero attached hydrogens (tertiary/aromatic N) is 2. The highest BCUT2D eigenvalue weighted by atomic mass is 15.1. The van der Waals surface area contributed by atoms with Crippen molar-refractivity contribution >= 4 is 0 Å². The van der Waals surface area contributed by atoms with Gasteiger partial charge in [-0.3, -0.25) is 0 Å². The highest BCUT2D eigenvalue weighted by Crippen LogP contribution is 2.10. The molecule has 2 atom stereocenters. The zero-order valence-electron chi connectivity index (χ0n) is 10.00. The maximum Gasteiger partial charge on any atom is 0.0666 e. The van der Waals surface area contributed by atoms with Gasteiger partial charge in [-0.05, 0) is 45.8 Å². The fourth-order valence-electron chi connectivity index (χ4n) is 2.07. The molecule has 0 aromatic carbocycles. The van der Waals surface area contributed by atoms with Gasteiger partial charge in [0, 0.05) is 12.6 Å². The van der Waals surface area contributed by atoms with E-state index in [0.717, 1.165) is 6.54 Å². The first kappa shape index (κ1) is 12.5. The fourth-order valence-corrected chi connectivity index (χ4v) is 2.07. The van der Waals surface area contributed by atoms with E-state index in [2.05, 4.69) is 23.2 Å². The smallest absolute Gasteiger partial charge is 0.0666 e. The summed E-state index contributed by atoms with van der Waals surface area (Å²) in [6, 6.07) is 2.89. The van der Waals surface area contributed by atoms with E-state index in [0.29, 0.717) is 6.04 Å². The lowest BCUT2D eigenvalue weighted by molar-refractivity contribution is 0.297. The van der Waals surface area contributed by atoms with Crippen molar-refractivity contribution in [2.24, 2.45) is 5.92 Å². The quantitative estimate of drug-likeness (QED) is 0.764. The Morgan fingerprint density at radius 2 is 2.27 bits per heavy atom. The minimum atomic E-state index is 0.135. The summed E-state index contributed by atoms with van der Waals surface area (Å²) in [6.45, 7) is 8.65. The van der Waals surface area contributed by atoms with E-state index in [1.54, 1.807) is 0 Å². The Labute approximate surface area is 93.5 Å². The van der Waals surface area contributed by atoms with E-state index < -0.39 is 0 Å². The summed E-state index contributed by atoms with van der Waals surface area (Å²) in [5, 5.41) is 12.2. The Morgan fingerprint density at radius 3 is 2.93 bits per heavy atom. The van der Waals surface area contributed by atoms with E-state index in [1.807, 2.05) is 6.92 Å². The highest BCUT2D eigenvalue weighted by Gasteiger charge is 2.15. The molecular formula is C12H23N3. The highest BCUT2D eigenvalue weighted by molar-refractivity contribution is 4.82.